The molecule has 0 aliphatic heterocycles. The minimum absolute atomic E-state index is 0.0734. The van der Waals surface area contributed by atoms with E-state index in [1.54, 1.807) is 31.4 Å². The summed E-state index contributed by atoms with van der Waals surface area (Å²) in [5, 5.41) is 19.8. The highest BCUT2D eigenvalue weighted by Crippen LogP contribution is 2.29. The van der Waals surface area contributed by atoms with Crippen molar-refractivity contribution < 1.29 is 14.5 Å². The Labute approximate surface area is 163 Å². The lowest BCUT2D eigenvalue weighted by atomic mass is 10.1. The van der Waals surface area contributed by atoms with E-state index < -0.39 is 10.8 Å². The zero-order valence-electron chi connectivity index (χ0n) is 14.7. The maximum absolute atomic E-state index is 11.3. The molecule has 3 aromatic rings. The molecule has 144 valence electrons. The number of rotatable bonds is 7. The Morgan fingerprint density at radius 1 is 1.25 bits per heavy atom. The molecule has 1 heterocycles. The van der Waals surface area contributed by atoms with Crippen molar-refractivity contribution in [3.63, 3.8) is 0 Å². The van der Waals surface area contributed by atoms with Crippen molar-refractivity contribution in [1.29, 1.82) is 0 Å². The molecule has 4 N–H and O–H groups in total. The van der Waals surface area contributed by atoms with Crippen LogP contribution in [0.25, 0.3) is 11.4 Å². The van der Waals surface area contributed by atoms with Gasteiger partial charge in [0.1, 0.15) is 5.75 Å². The van der Waals surface area contributed by atoms with Gasteiger partial charge >= 0.3 is 0 Å². The highest BCUT2D eigenvalue weighted by Gasteiger charge is 2.19. The number of thioether (sulfide) groups is 1. The highest BCUT2D eigenvalue weighted by molar-refractivity contribution is 7.98. The molecule has 0 bridgehead atoms. The second-order valence-corrected chi connectivity index (χ2v) is 6.60. The lowest BCUT2D eigenvalue weighted by Crippen LogP contribution is -2.12. The first-order valence-corrected chi connectivity index (χ1v) is 8.94. The maximum atomic E-state index is 11.3. The molecule has 0 radical (unpaired) electrons. The van der Waals surface area contributed by atoms with E-state index in [9.17, 15) is 14.9 Å². The number of nitrogens with zero attached hydrogens (tertiary/aromatic N) is 4. The maximum Gasteiger partial charge on any atom is 0.274 e. The van der Waals surface area contributed by atoms with Crippen LogP contribution in [0.3, 0.4) is 0 Å². The molecular weight excluding hydrogens is 384 g/mol. The van der Waals surface area contributed by atoms with E-state index in [1.165, 1.54) is 28.6 Å². The molecule has 0 atom stereocenters. The summed E-state index contributed by atoms with van der Waals surface area (Å²) in [5.41, 5.74) is 6.22. The summed E-state index contributed by atoms with van der Waals surface area (Å²) in [6, 6.07) is 11.3. The van der Waals surface area contributed by atoms with Crippen LogP contribution in [0, 0.1) is 10.1 Å². The third-order valence-electron chi connectivity index (χ3n) is 3.94. The molecule has 1 aromatic heterocycles. The van der Waals surface area contributed by atoms with Crippen LogP contribution in [-0.4, -0.2) is 32.8 Å². The van der Waals surface area contributed by atoms with Gasteiger partial charge in [-0.25, -0.2) is 4.68 Å². The molecule has 1 amide bonds. The standard InChI is InChI=1S/C17H16N6O4S/c1-27-13-6-4-10(5-7-13)16-20-21-17(22(16)19)28-9-12-3-2-11(15(18)24)8-14(12)23(25)26/h2-8H,9,19H2,1H3,(H2,18,24). The Morgan fingerprint density at radius 2 is 1.96 bits per heavy atom. The van der Waals surface area contributed by atoms with Crippen LogP contribution < -0.4 is 16.3 Å². The second kappa shape index (κ2) is 7.96. The number of aromatic nitrogens is 3. The van der Waals surface area contributed by atoms with Crippen molar-refractivity contribution in [2.75, 3.05) is 13.0 Å². The van der Waals surface area contributed by atoms with Crippen LogP contribution in [-0.2, 0) is 5.75 Å². The van der Waals surface area contributed by atoms with Gasteiger partial charge in [-0.1, -0.05) is 17.8 Å². The number of hydrogen-bond donors (Lipinski definition) is 2. The van der Waals surface area contributed by atoms with Crippen LogP contribution >= 0.6 is 11.8 Å². The molecule has 0 saturated heterocycles. The number of nitrogen functional groups attached to an aromatic ring is 1. The molecule has 0 fully saturated rings. The molecule has 0 unspecified atom stereocenters. The Hall–Kier alpha value is -3.60. The Bertz CT molecular complexity index is 1030. The average molecular weight is 400 g/mol. The number of primary amides is 1. The predicted octanol–water partition coefficient (Wildman–Crippen LogP) is 1.97. The number of methoxy groups -OCH3 is 1. The fourth-order valence-electron chi connectivity index (χ4n) is 2.46. The zero-order valence-corrected chi connectivity index (χ0v) is 15.5. The van der Waals surface area contributed by atoms with Crippen molar-refractivity contribution in [3.05, 3.63) is 63.7 Å². The van der Waals surface area contributed by atoms with Gasteiger partial charge in [0.05, 0.1) is 12.0 Å². The number of carbonyl (C=O) groups excluding carboxylic acids is 1. The minimum atomic E-state index is -0.729. The molecule has 28 heavy (non-hydrogen) atoms. The summed E-state index contributed by atoms with van der Waals surface area (Å²) in [7, 11) is 1.57. The number of carbonyl (C=O) groups is 1. The number of nitrogens with two attached hydrogens (primary N) is 2. The van der Waals surface area contributed by atoms with Gasteiger partial charge in [-0.3, -0.25) is 14.9 Å². The van der Waals surface area contributed by atoms with Gasteiger partial charge in [0.15, 0.2) is 5.82 Å². The second-order valence-electron chi connectivity index (χ2n) is 5.66. The molecule has 0 spiro atoms. The van der Waals surface area contributed by atoms with Gasteiger partial charge < -0.3 is 16.3 Å². The molecule has 0 saturated carbocycles. The van der Waals surface area contributed by atoms with E-state index >= 15 is 0 Å². The lowest BCUT2D eigenvalue weighted by molar-refractivity contribution is -0.385. The van der Waals surface area contributed by atoms with Gasteiger partial charge in [-0.15, -0.1) is 10.2 Å². The van der Waals surface area contributed by atoms with E-state index in [2.05, 4.69) is 10.2 Å². The minimum Gasteiger partial charge on any atom is -0.497 e. The fourth-order valence-corrected chi connectivity index (χ4v) is 3.32. The van der Waals surface area contributed by atoms with E-state index in [-0.39, 0.29) is 17.0 Å². The van der Waals surface area contributed by atoms with Gasteiger partial charge in [-0.05, 0) is 30.3 Å². The van der Waals surface area contributed by atoms with Gasteiger partial charge in [0, 0.05) is 28.5 Å². The Balaban J connectivity index is 1.81. The van der Waals surface area contributed by atoms with Crippen molar-refractivity contribution >= 4 is 23.4 Å². The number of benzene rings is 2. The first kappa shape index (κ1) is 19.2. The van der Waals surface area contributed by atoms with Crippen LogP contribution in [0.2, 0.25) is 0 Å². The largest absolute Gasteiger partial charge is 0.497 e. The van der Waals surface area contributed by atoms with Crippen molar-refractivity contribution in [3.8, 4) is 17.1 Å². The smallest absolute Gasteiger partial charge is 0.274 e. The van der Waals surface area contributed by atoms with Crippen molar-refractivity contribution in [2.45, 2.75) is 10.9 Å². The normalized spacial score (nSPS) is 10.6. The average Bonchev–Trinajstić information content (AvgIpc) is 3.06. The lowest BCUT2D eigenvalue weighted by Gasteiger charge is -2.06. The first-order valence-electron chi connectivity index (χ1n) is 7.95. The quantitative estimate of drug-likeness (QED) is 0.264. The first-order chi connectivity index (χ1) is 13.4. The Kier molecular flexibility index (Phi) is 5.45. The molecule has 3 rings (SSSR count). The van der Waals surface area contributed by atoms with Gasteiger partial charge in [0.2, 0.25) is 11.1 Å². The molecule has 0 aliphatic rings. The van der Waals surface area contributed by atoms with E-state index in [4.69, 9.17) is 16.3 Å². The summed E-state index contributed by atoms with van der Waals surface area (Å²) in [6.07, 6.45) is 0. The van der Waals surface area contributed by atoms with Crippen molar-refractivity contribution in [1.82, 2.24) is 14.9 Å². The third kappa shape index (κ3) is 3.88. The monoisotopic (exact) mass is 400 g/mol. The summed E-state index contributed by atoms with van der Waals surface area (Å²) in [5.74, 6) is 6.71. The van der Waals surface area contributed by atoms with Crippen LogP contribution in [0.5, 0.6) is 5.75 Å². The number of hydrogen-bond acceptors (Lipinski definition) is 8. The number of ether oxygens (including phenoxy) is 1. The molecule has 10 nitrogen and oxygen atoms in total. The molecular formula is C17H16N6O4S. The predicted molar refractivity (Wildman–Crippen MR) is 103 cm³/mol. The summed E-state index contributed by atoms with van der Waals surface area (Å²) < 4.78 is 6.44. The van der Waals surface area contributed by atoms with Gasteiger partial charge in [0.25, 0.3) is 5.69 Å². The number of nitro groups is 1. The highest BCUT2D eigenvalue weighted by atomic mass is 32.2. The third-order valence-corrected chi connectivity index (χ3v) is 4.93. The topological polar surface area (TPSA) is 152 Å². The molecule has 0 aliphatic carbocycles. The number of amides is 1. The van der Waals surface area contributed by atoms with E-state index in [1.807, 2.05) is 0 Å². The van der Waals surface area contributed by atoms with E-state index in [0.717, 1.165) is 11.6 Å². The Morgan fingerprint density at radius 3 is 2.57 bits per heavy atom. The molecule has 11 heteroatoms. The van der Waals surface area contributed by atoms with Crippen LogP contribution in [0.15, 0.2) is 47.6 Å². The number of nitro benzene ring substituents is 1. The summed E-state index contributed by atoms with van der Waals surface area (Å²) >= 11 is 1.19. The molecule has 2 aromatic carbocycles. The summed E-state index contributed by atoms with van der Waals surface area (Å²) in [6.45, 7) is 0. The van der Waals surface area contributed by atoms with Crippen LogP contribution in [0.4, 0.5) is 5.69 Å². The van der Waals surface area contributed by atoms with E-state index in [0.29, 0.717) is 22.3 Å². The SMILES string of the molecule is COc1ccc(-c2nnc(SCc3ccc(C(N)=O)cc3[N+](=O)[O-])n2N)cc1. The van der Waals surface area contributed by atoms with Crippen molar-refractivity contribution in [2.24, 2.45) is 5.73 Å². The fraction of sp³-hybridized carbons (Fsp3) is 0.118. The summed E-state index contributed by atoms with van der Waals surface area (Å²) in [4.78, 5) is 22.0. The van der Waals surface area contributed by atoms with Gasteiger partial charge in [-0.2, -0.15) is 0 Å². The van der Waals surface area contributed by atoms with Crippen LogP contribution in [0.1, 0.15) is 15.9 Å². The zero-order chi connectivity index (χ0) is 20.3.